The van der Waals surface area contributed by atoms with Gasteiger partial charge in [-0.2, -0.15) is 10.2 Å². The van der Waals surface area contributed by atoms with Crippen molar-refractivity contribution in [1.29, 1.82) is 0 Å². The SMILES string of the molecule is CN=C[C@@]1(c2ccc3c(N)ncnn23)O[C@H](COP(=O)(N[C@@H](C)C(=O)OC2CCCCC2)Oc2cccc3ccccc23)[C@@H](OC(C)=O)[C@H]1OC(C)=O. The zero-order valence-corrected chi connectivity index (χ0v) is 30.8. The number of ether oxygens (including phenoxy) is 4. The van der Waals surface area contributed by atoms with Gasteiger partial charge < -0.3 is 29.2 Å². The van der Waals surface area contributed by atoms with E-state index in [2.05, 4.69) is 20.2 Å². The molecule has 282 valence electrons. The van der Waals surface area contributed by atoms with Gasteiger partial charge in [0.05, 0.1) is 12.3 Å². The first kappa shape index (κ1) is 37.9. The molecule has 1 unspecified atom stereocenters. The van der Waals surface area contributed by atoms with E-state index in [1.807, 2.05) is 24.3 Å². The normalized spacial score (nSPS) is 23.8. The summed E-state index contributed by atoms with van der Waals surface area (Å²) in [5.74, 6) is -1.66. The Morgan fingerprint density at radius 2 is 1.79 bits per heavy atom. The van der Waals surface area contributed by atoms with E-state index in [-0.39, 0.29) is 17.7 Å². The second-order valence-electron chi connectivity index (χ2n) is 13.0. The number of esters is 3. The van der Waals surface area contributed by atoms with Gasteiger partial charge in [0.15, 0.2) is 23.6 Å². The maximum absolute atomic E-state index is 14.8. The lowest BCUT2D eigenvalue weighted by molar-refractivity contribution is -0.165. The third-order valence-electron chi connectivity index (χ3n) is 9.15. The van der Waals surface area contributed by atoms with Crippen LogP contribution in [0, 0.1) is 0 Å². The predicted octanol–water partition coefficient (Wildman–Crippen LogP) is 4.68. The summed E-state index contributed by atoms with van der Waals surface area (Å²) in [7, 11) is -3.00. The second kappa shape index (κ2) is 16.0. The highest BCUT2D eigenvalue weighted by Crippen LogP contribution is 2.49. The molecule has 1 aliphatic carbocycles. The Balaban J connectivity index is 1.36. The highest BCUT2D eigenvalue weighted by molar-refractivity contribution is 7.52. The lowest BCUT2D eigenvalue weighted by atomic mass is 9.91. The molecule has 3 heterocycles. The van der Waals surface area contributed by atoms with Gasteiger partial charge in [0.2, 0.25) is 0 Å². The van der Waals surface area contributed by atoms with Crippen molar-refractivity contribution < 1.29 is 46.9 Å². The van der Waals surface area contributed by atoms with Crippen molar-refractivity contribution in [2.75, 3.05) is 19.4 Å². The molecule has 2 aromatic carbocycles. The zero-order chi connectivity index (χ0) is 37.8. The fourth-order valence-corrected chi connectivity index (χ4v) is 8.36. The van der Waals surface area contributed by atoms with Gasteiger partial charge in [-0.15, -0.1) is 0 Å². The minimum Gasteiger partial charge on any atom is -0.461 e. The van der Waals surface area contributed by atoms with E-state index in [4.69, 9.17) is 33.7 Å². The lowest BCUT2D eigenvalue weighted by Gasteiger charge is -2.30. The van der Waals surface area contributed by atoms with Crippen LogP contribution >= 0.6 is 7.75 Å². The molecule has 6 atom stereocenters. The average molecular weight is 751 g/mol. The number of aliphatic imine (C=N–C) groups is 1. The molecule has 1 aliphatic heterocycles. The number of rotatable bonds is 13. The summed E-state index contributed by atoms with van der Waals surface area (Å²) in [6, 6.07) is 14.7. The van der Waals surface area contributed by atoms with Crippen molar-refractivity contribution in [1.82, 2.24) is 19.7 Å². The van der Waals surface area contributed by atoms with Crippen molar-refractivity contribution >= 4 is 54.0 Å². The van der Waals surface area contributed by atoms with E-state index >= 15 is 0 Å². The number of fused-ring (bicyclic) bond motifs is 2. The fourth-order valence-electron chi connectivity index (χ4n) is 6.84. The Labute approximate surface area is 305 Å². The maximum atomic E-state index is 14.8. The first-order chi connectivity index (χ1) is 25.4. The number of benzene rings is 2. The first-order valence-corrected chi connectivity index (χ1v) is 18.9. The number of nitrogens with zero attached hydrogens (tertiary/aromatic N) is 4. The minimum atomic E-state index is -4.49. The van der Waals surface area contributed by atoms with Crippen LogP contribution < -0.4 is 15.3 Å². The quantitative estimate of drug-likeness (QED) is 0.0825. The number of aromatic nitrogens is 3. The van der Waals surface area contributed by atoms with Gasteiger partial charge in [-0.3, -0.25) is 23.9 Å². The smallest absolute Gasteiger partial charge is 0.459 e. The van der Waals surface area contributed by atoms with Gasteiger partial charge in [-0.1, -0.05) is 42.8 Å². The van der Waals surface area contributed by atoms with Crippen molar-refractivity contribution in [2.45, 2.75) is 88.9 Å². The van der Waals surface area contributed by atoms with Gasteiger partial charge >= 0.3 is 25.7 Å². The van der Waals surface area contributed by atoms with Crippen LogP contribution in [0.4, 0.5) is 5.82 Å². The molecule has 1 saturated carbocycles. The van der Waals surface area contributed by atoms with Gasteiger partial charge in [-0.25, -0.2) is 14.1 Å². The van der Waals surface area contributed by atoms with E-state index in [1.165, 1.54) is 44.9 Å². The average Bonchev–Trinajstić information content (AvgIpc) is 3.68. The summed E-state index contributed by atoms with van der Waals surface area (Å²) in [6.07, 6.45) is 2.96. The number of anilines is 1. The van der Waals surface area contributed by atoms with E-state index in [1.54, 1.807) is 30.3 Å². The fraction of sp³-hybridized carbons (Fsp3) is 0.444. The van der Waals surface area contributed by atoms with Crippen LogP contribution in [0.3, 0.4) is 0 Å². The molecule has 0 spiro atoms. The van der Waals surface area contributed by atoms with E-state index in [0.29, 0.717) is 16.6 Å². The molecule has 3 N–H and O–H groups in total. The van der Waals surface area contributed by atoms with Crippen LogP contribution in [0.15, 0.2) is 65.9 Å². The summed E-state index contributed by atoms with van der Waals surface area (Å²) in [6.45, 7) is 3.34. The summed E-state index contributed by atoms with van der Waals surface area (Å²) >= 11 is 0. The van der Waals surface area contributed by atoms with Crippen molar-refractivity contribution in [3.63, 3.8) is 0 Å². The van der Waals surface area contributed by atoms with E-state index < -0.39 is 62.2 Å². The molecule has 2 aliphatic rings. The standard InChI is InChI=1S/C36H43N6O10P/c1-22(35(45)50-26-13-6-5-7-14-26)41-53(46,52-29-16-10-12-25-11-8-9-15-27(25)29)47-19-30-32(48-23(2)43)33(49-24(3)44)36(51-30,20-38-4)31-18-17-28-34(37)39-21-40-42(28)31/h8-12,15-18,20-22,26,30,32-33H,5-7,13-14,19H2,1-4H3,(H,41,46)(H2,37,39,40)/t22-,30+,32+,33+,36-,53?/m0/s1. The van der Waals surface area contributed by atoms with E-state index in [0.717, 1.165) is 37.5 Å². The monoisotopic (exact) mass is 750 g/mol. The van der Waals surface area contributed by atoms with Crippen molar-refractivity contribution in [3.05, 3.63) is 66.6 Å². The summed E-state index contributed by atoms with van der Waals surface area (Å²) < 4.78 is 52.5. The maximum Gasteiger partial charge on any atom is 0.459 e. The predicted molar refractivity (Wildman–Crippen MR) is 193 cm³/mol. The van der Waals surface area contributed by atoms with Crippen LogP contribution in [0.5, 0.6) is 5.75 Å². The molecule has 1 saturated heterocycles. The molecule has 16 nitrogen and oxygen atoms in total. The Bertz CT molecular complexity index is 2050. The van der Waals surface area contributed by atoms with Gasteiger partial charge in [0, 0.05) is 32.5 Å². The number of hydrogen-bond acceptors (Lipinski definition) is 14. The largest absolute Gasteiger partial charge is 0.461 e. The van der Waals surface area contributed by atoms with Crippen LogP contribution in [-0.4, -0.2) is 82.8 Å². The molecule has 0 amide bonds. The molecule has 17 heteroatoms. The Kier molecular flexibility index (Phi) is 11.4. The zero-order valence-electron chi connectivity index (χ0n) is 29.9. The third-order valence-corrected chi connectivity index (χ3v) is 10.8. The molecule has 0 bridgehead atoms. The van der Waals surface area contributed by atoms with Crippen LogP contribution in [-0.2, 0) is 48.0 Å². The molecule has 6 rings (SSSR count). The summed E-state index contributed by atoms with van der Waals surface area (Å²) in [4.78, 5) is 46.7. The molecule has 0 radical (unpaired) electrons. The Morgan fingerprint density at radius 1 is 1.06 bits per heavy atom. The van der Waals surface area contributed by atoms with Gasteiger partial charge in [0.1, 0.15) is 35.8 Å². The molecule has 2 aromatic heterocycles. The number of nitrogens with one attached hydrogen (secondary N) is 1. The molecule has 4 aromatic rings. The van der Waals surface area contributed by atoms with Crippen LogP contribution in [0.1, 0.15) is 58.6 Å². The number of nitrogens with two attached hydrogens (primary N) is 1. The molecule has 2 fully saturated rings. The van der Waals surface area contributed by atoms with Crippen molar-refractivity contribution in [3.8, 4) is 5.75 Å². The number of carbonyl (C=O) groups excluding carboxylic acids is 3. The number of nitrogen functional groups attached to an aromatic ring is 1. The van der Waals surface area contributed by atoms with Crippen LogP contribution in [0.25, 0.3) is 16.3 Å². The molecular weight excluding hydrogens is 707 g/mol. The third kappa shape index (κ3) is 8.20. The van der Waals surface area contributed by atoms with Crippen LogP contribution in [0.2, 0.25) is 0 Å². The van der Waals surface area contributed by atoms with Gasteiger partial charge in [0.25, 0.3) is 0 Å². The molecular formula is C36H43N6O10P. The first-order valence-electron chi connectivity index (χ1n) is 17.4. The Hall–Kier alpha value is -4.89. The minimum absolute atomic E-state index is 0.169. The lowest BCUT2D eigenvalue weighted by Crippen LogP contribution is -2.47. The highest BCUT2D eigenvalue weighted by atomic mass is 31.2. The highest BCUT2D eigenvalue weighted by Gasteiger charge is 2.61. The topological polar surface area (TPSA) is 204 Å². The van der Waals surface area contributed by atoms with Crippen molar-refractivity contribution in [2.24, 2.45) is 4.99 Å². The second-order valence-corrected chi connectivity index (χ2v) is 14.7. The Morgan fingerprint density at radius 3 is 2.53 bits per heavy atom. The van der Waals surface area contributed by atoms with E-state index in [9.17, 15) is 18.9 Å². The molecule has 53 heavy (non-hydrogen) atoms. The van der Waals surface area contributed by atoms with Gasteiger partial charge in [-0.05, 0) is 56.2 Å². The summed E-state index contributed by atoms with van der Waals surface area (Å²) in [5.41, 5.74) is 5.13. The number of carbonyl (C=O) groups is 3. The number of hydrogen-bond donors (Lipinski definition) is 2. The summed E-state index contributed by atoms with van der Waals surface area (Å²) in [5, 5.41) is 8.54.